The van der Waals surface area contributed by atoms with E-state index in [2.05, 4.69) is 62.7 Å². The fourth-order valence-corrected chi connectivity index (χ4v) is 3.17. The van der Waals surface area contributed by atoms with E-state index in [0.29, 0.717) is 17.2 Å². The minimum atomic E-state index is 0.459. The van der Waals surface area contributed by atoms with Crippen molar-refractivity contribution in [2.24, 2.45) is 5.92 Å². The third-order valence-electron chi connectivity index (χ3n) is 2.84. The van der Waals surface area contributed by atoms with Crippen molar-refractivity contribution >= 4 is 11.8 Å². The second-order valence-electron chi connectivity index (χ2n) is 4.39. The van der Waals surface area contributed by atoms with E-state index in [0.717, 1.165) is 6.54 Å². The average Bonchev–Trinajstić information content (AvgIpc) is 2.29. The van der Waals surface area contributed by atoms with E-state index in [9.17, 15) is 0 Å². The normalized spacial score (nSPS) is 15.1. The predicted molar refractivity (Wildman–Crippen MR) is 75.0 cm³/mol. The summed E-state index contributed by atoms with van der Waals surface area (Å²) in [5, 5.41) is 4.24. The molecule has 1 aromatic carbocycles. The van der Waals surface area contributed by atoms with Gasteiger partial charge in [-0.05, 0) is 24.3 Å². The summed E-state index contributed by atoms with van der Waals surface area (Å²) in [6, 6.07) is 11.2. The van der Waals surface area contributed by atoms with Crippen LogP contribution >= 0.6 is 11.8 Å². The molecular formula is C14H23NS. The van der Waals surface area contributed by atoms with Crippen LogP contribution in [0.25, 0.3) is 0 Å². The van der Waals surface area contributed by atoms with Gasteiger partial charge in [0.15, 0.2) is 0 Å². The monoisotopic (exact) mass is 237 g/mol. The molecule has 0 saturated heterocycles. The molecular weight excluding hydrogens is 214 g/mol. The first-order chi connectivity index (χ1) is 7.70. The zero-order valence-corrected chi connectivity index (χ0v) is 11.6. The minimum Gasteiger partial charge on any atom is -0.309 e. The van der Waals surface area contributed by atoms with Gasteiger partial charge in [-0.1, -0.05) is 51.1 Å². The molecule has 0 aromatic heterocycles. The maximum atomic E-state index is 3.61. The van der Waals surface area contributed by atoms with Crippen molar-refractivity contribution in [3.8, 4) is 0 Å². The molecule has 0 amide bonds. The largest absolute Gasteiger partial charge is 0.309 e. The first kappa shape index (κ1) is 13.6. The lowest BCUT2D eigenvalue weighted by molar-refractivity contribution is 0.454. The van der Waals surface area contributed by atoms with E-state index in [1.54, 1.807) is 0 Å². The van der Waals surface area contributed by atoms with Gasteiger partial charge in [0.05, 0.1) is 0 Å². The van der Waals surface area contributed by atoms with Gasteiger partial charge in [-0.25, -0.2) is 0 Å². The van der Waals surface area contributed by atoms with Gasteiger partial charge in [-0.2, -0.15) is 11.8 Å². The third-order valence-corrected chi connectivity index (χ3v) is 4.20. The lowest BCUT2D eigenvalue weighted by Crippen LogP contribution is -2.33. The van der Waals surface area contributed by atoms with Crippen LogP contribution in [0.4, 0.5) is 0 Å². The van der Waals surface area contributed by atoms with Crippen LogP contribution in [0.5, 0.6) is 0 Å². The molecule has 1 aromatic rings. The molecule has 16 heavy (non-hydrogen) atoms. The van der Waals surface area contributed by atoms with Crippen molar-refractivity contribution in [2.75, 3.05) is 12.8 Å². The Hall–Kier alpha value is -0.470. The summed E-state index contributed by atoms with van der Waals surface area (Å²) in [6.07, 6.45) is 2.21. The molecule has 2 atom stereocenters. The second kappa shape index (κ2) is 6.97. The van der Waals surface area contributed by atoms with Crippen LogP contribution in [0, 0.1) is 5.92 Å². The van der Waals surface area contributed by atoms with Crippen molar-refractivity contribution in [1.29, 1.82) is 0 Å². The Labute approximate surface area is 104 Å². The Balaban J connectivity index is 2.89. The van der Waals surface area contributed by atoms with Crippen LogP contribution in [0.15, 0.2) is 30.3 Å². The molecule has 2 unspecified atom stereocenters. The molecule has 0 aliphatic rings. The summed E-state index contributed by atoms with van der Waals surface area (Å²) >= 11 is 1.96. The van der Waals surface area contributed by atoms with Crippen LogP contribution in [0.3, 0.4) is 0 Å². The van der Waals surface area contributed by atoms with Crippen molar-refractivity contribution < 1.29 is 0 Å². The first-order valence-electron chi connectivity index (χ1n) is 6.01. The summed E-state index contributed by atoms with van der Waals surface area (Å²) in [4.78, 5) is 0. The van der Waals surface area contributed by atoms with Crippen molar-refractivity contribution in [3.05, 3.63) is 35.9 Å². The molecule has 0 bridgehead atoms. The van der Waals surface area contributed by atoms with Crippen molar-refractivity contribution in [3.63, 3.8) is 0 Å². The molecule has 0 spiro atoms. The van der Waals surface area contributed by atoms with Gasteiger partial charge in [-0.15, -0.1) is 0 Å². The van der Waals surface area contributed by atoms with Crippen LogP contribution < -0.4 is 5.32 Å². The van der Waals surface area contributed by atoms with E-state index in [-0.39, 0.29) is 0 Å². The number of nitrogens with one attached hydrogen (secondary N) is 1. The van der Waals surface area contributed by atoms with Gasteiger partial charge in [-0.3, -0.25) is 0 Å². The fraction of sp³-hybridized carbons (Fsp3) is 0.571. The quantitative estimate of drug-likeness (QED) is 0.809. The van der Waals surface area contributed by atoms with Crippen molar-refractivity contribution in [1.82, 2.24) is 5.32 Å². The summed E-state index contributed by atoms with van der Waals surface area (Å²) in [6.45, 7) is 7.79. The molecule has 0 aliphatic carbocycles. The summed E-state index contributed by atoms with van der Waals surface area (Å²) in [5.41, 5.74) is 1.40. The first-order valence-corrected chi connectivity index (χ1v) is 7.30. The molecule has 2 heteroatoms. The summed E-state index contributed by atoms with van der Waals surface area (Å²) in [5.74, 6) is 0.680. The Bertz CT molecular complexity index is 284. The van der Waals surface area contributed by atoms with Crippen molar-refractivity contribution in [2.45, 2.75) is 32.1 Å². The lowest BCUT2D eigenvalue weighted by Gasteiger charge is -2.29. The van der Waals surface area contributed by atoms with E-state index >= 15 is 0 Å². The van der Waals surface area contributed by atoms with Gasteiger partial charge >= 0.3 is 0 Å². The molecule has 0 heterocycles. The number of hydrogen-bond acceptors (Lipinski definition) is 2. The molecule has 1 nitrogen and oxygen atoms in total. The van der Waals surface area contributed by atoms with Gasteiger partial charge in [0.1, 0.15) is 0 Å². The minimum absolute atomic E-state index is 0.459. The number of hydrogen-bond donors (Lipinski definition) is 1. The smallest absolute Gasteiger partial charge is 0.0442 e. The predicted octanol–water partition coefficient (Wildman–Crippen LogP) is 3.72. The number of benzene rings is 1. The maximum absolute atomic E-state index is 3.61. The highest BCUT2D eigenvalue weighted by molar-refractivity contribution is 7.99. The molecule has 0 fully saturated rings. The highest BCUT2D eigenvalue weighted by Crippen LogP contribution is 2.30. The van der Waals surface area contributed by atoms with E-state index in [4.69, 9.17) is 0 Å². The standard InChI is InChI=1S/C14H23NS/c1-5-15-13(14(16-4)11(2)3)12-9-7-6-8-10-12/h6-11,13-15H,5H2,1-4H3. The highest BCUT2D eigenvalue weighted by Gasteiger charge is 2.24. The van der Waals surface area contributed by atoms with Crippen LogP contribution in [0.1, 0.15) is 32.4 Å². The Morgan fingerprint density at radius 1 is 1.19 bits per heavy atom. The topological polar surface area (TPSA) is 12.0 Å². The third kappa shape index (κ3) is 3.53. The second-order valence-corrected chi connectivity index (χ2v) is 5.41. The van der Waals surface area contributed by atoms with Gasteiger partial charge < -0.3 is 5.32 Å². The summed E-state index contributed by atoms with van der Waals surface area (Å²) in [7, 11) is 0. The number of rotatable bonds is 6. The van der Waals surface area contributed by atoms with Gasteiger partial charge in [0.2, 0.25) is 0 Å². The SMILES string of the molecule is CCNC(c1ccccc1)C(SC)C(C)C. The Kier molecular flexibility index (Phi) is 5.93. The Morgan fingerprint density at radius 2 is 1.81 bits per heavy atom. The van der Waals surface area contributed by atoms with E-state index in [1.807, 2.05) is 11.8 Å². The zero-order valence-electron chi connectivity index (χ0n) is 10.7. The average molecular weight is 237 g/mol. The molecule has 1 N–H and O–H groups in total. The molecule has 90 valence electrons. The van der Waals surface area contributed by atoms with E-state index in [1.165, 1.54) is 5.56 Å². The van der Waals surface area contributed by atoms with Gasteiger partial charge in [0, 0.05) is 11.3 Å². The maximum Gasteiger partial charge on any atom is 0.0442 e. The fourth-order valence-electron chi connectivity index (χ4n) is 2.10. The molecule has 1 rings (SSSR count). The van der Waals surface area contributed by atoms with Crippen LogP contribution in [-0.2, 0) is 0 Å². The number of thioether (sulfide) groups is 1. The Morgan fingerprint density at radius 3 is 2.25 bits per heavy atom. The molecule has 0 radical (unpaired) electrons. The van der Waals surface area contributed by atoms with Crippen LogP contribution in [-0.4, -0.2) is 18.1 Å². The summed E-state index contributed by atoms with van der Waals surface area (Å²) < 4.78 is 0. The van der Waals surface area contributed by atoms with Crippen LogP contribution in [0.2, 0.25) is 0 Å². The lowest BCUT2D eigenvalue weighted by atomic mass is 9.96. The highest BCUT2D eigenvalue weighted by atomic mass is 32.2. The van der Waals surface area contributed by atoms with E-state index < -0.39 is 0 Å². The molecule has 0 saturated carbocycles. The molecule has 0 aliphatic heterocycles. The zero-order chi connectivity index (χ0) is 12.0. The van der Waals surface area contributed by atoms with Gasteiger partial charge in [0.25, 0.3) is 0 Å².